The van der Waals surface area contributed by atoms with Gasteiger partial charge in [0.2, 0.25) is 0 Å². The molecular weight excluding hydrogens is 206 g/mol. The molecule has 2 aliphatic carbocycles. The lowest BCUT2D eigenvalue weighted by Gasteiger charge is -2.45. The van der Waals surface area contributed by atoms with E-state index in [9.17, 15) is 5.26 Å². The van der Waals surface area contributed by atoms with Crippen molar-refractivity contribution in [3.63, 3.8) is 0 Å². The summed E-state index contributed by atoms with van der Waals surface area (Å²) in [5, 5.41) is 9.42. The first kappa shape index (κ1) is 12.9. The van der Waals surface area contributed by atoms with Gasteiger partial charge in [-0.3, -0.25) is 0 Å². The second-order valence-electron chi connectivity index (χ2n) is 6.48. The van der Waals surface area contributed by atoms with E-state index < -0.39 is 0 Å². The predicted molar refractivity (Wildman–Crippen MR) is 71.4 cm³/mol. The lowest BCUT2D eigenvalue weighted by molar-refractivity contribution is 0.0656. The maximum atomic E-state index is 9.42. The van der Waals surface area contributed by atoms with Crippen molar-refractivity contribution in [2.24, 2.45) is 23.2 Å². The average molecular weight is 233 g/mol. The van der Waals surface area contributed by atoms with Crippen LogP contribution in [0.3, 0.4) is 0 Å². The van der Waals surface area contributed by atoms with Gasteiger partial charge in [0.1, 0.15) is 0 Å². The summed E-state index contributed by atoms with van der Waals surface area (Å²) in [7, 11) is 0. The summed E-state index contributed by atoms with van der Waals surface area (Å²) in [6.45, 7) is 4.51. The van der Waals surface area contributed by atoms with E-state index >= 15 is 0 Å². The Morgan fingerprint density at radius 1 is 1.18 bits per heavy atom. The van der Waals surface area contributed by atoms with Crippen molar-refractivity contribution in [3.05, 3.63) is 0 Å². The molecule has 0 aromatic heterocycles. The van der Waals surface area contributed by atoms with Gasteiger partial charge in [-0.2, -0.15) is 5.26 Å². The molecule has 2 rings (SSSR count). The summed E-state index contributed by atoms with van der Waals surface area (Å²) in [6, 6.07) is 2.64. The van der Waals surface area contributed by atoms with Crippen LogP contribution in [0.4, 0.5) is 0 Å². The van der Waals surface area contributed by atoms with Crippen molar-refractivity contribution >= 4 is 0 Å². The summed E-state index contributed by atoms with van der Waals surface area (Å²) in [4.78, 5) is 0. The molecule has 0 N–H and O–H groups in total. The maximum absolute atomic E-state index is 9.42. The average Bonchev–Trinajstić information content (AvgIpc) is 2.38. The van der Waals surface area contributed by atoms with Gasteiger partial charge in [-0.05, 0) is 56.3 Å². The van der Waals surface area contributed by atoms with E-state index in [1.54, 1.807) is 0 Å². The lowest BCUT2D eigenvalue weighted by Crippen LogP contribution is -2.36. The van der Waals surface area contributed by atoms with Crippen molar-refractivity contribution in [3.8, 4) is 6.07 Å². The number of rotatable bonds is 3. The van der Waals surface area contributed by atoms with Crippen LogP contribution in [0.25, 0.3) is 0 Å². The number of hydrogen-bond acceptors (Lipinski definition) is 1. The van der Waals surface area contributed by atoms with Crippen LogP contribution in [-0.2, 0) is 0 Å². The third-order valence-corrected chi connectivity index (χ3v) is 5.51. The zero-order valence-corrected chi connectivity index (χ0v) is 11.5. The summed E-state index contributed by atoms with van der Waals surface area (Å²) in [6.07, 6.45) is 11.8. The SMILES string of the molecule is CCC[C@H]1CCC2C[C@](C#N)(CC)CC[C@@H]2C1. The molecule has 0 amide bonds. The normalized spacial score (nSPS) is 41.6. The first-order valence-corrected chi connectivity index (χ1v) is 7.64. The van der Waals surface area contributed by atoms with Crippen LogP contribution < -0.4 is 0 Å². The van der Waals surface area contributed by atoms with E-state index in [1.165, 1.54) is 51.4 Å². The first-order valence-electron chi connectivity index (χ1n) is 7.64. The molecule has 2 fully saturated rings. The van der Waals surface area contributed by atoms with Crippen molar-refractivity contribution < 1.29 is 0 Å². The fraction of sp³-hybridized carbons (Fsp3) is 0.938. The van der Waals surface area contributed by atoms with Crippen LogP contribution in [0.2, 0.25) is 0 Å². The molecule has 2 saturated carbocycles. The quantitative estimate of drug-likeness (QED) is 0.678. The topological polar surface area (TPSA) is 23.8 Å². The van der Waals surface area contributed by atoms with E-state index in [2.05, 4.69) is 19.9 Å². The van der Waals surface area contributed by atoms with Gasteiger partial charge in [0.05, 0.1) is 11.5 Å². The molecule has 1 unspecified atom stereocenters. The molecule has 0 heterocycles. The van der Waals surface area contributed by atoms with Crippen LogP contribution >= 0.6 is 0 Å². The van der Waals surface area contributed by atoms with Gasteiger partial charge in [-0.25, -0.2) is 0 Å². The second kappa shape index (κ2) is 5.42. The fourth-order valence-corrected chi connectivity index (χ4v) is 4.28. The fourth-order valence-electron chi connectivity index (χ4n) is 4.28. The predicted octanol–water partition coefficient (Wildman–Crippen LogP) is 4.92. The Balaban J connectivity index is 1.95. The van der Waals surface area contributed by atoms with Crippen LogP contribution in [0, 0.1) is 34.5 Å². The van der Waals surface area contributed by atoms with Crippen LogP contribution in [0.15, 0.2) is 0 Å². The molecule has 96 valence electrons. The molecule has 1 heteroatoms. The maximum Gasteiger partial charge on any atom is 0.0689 e. The first-order chi connectivity index (χ1) is 8.23. The molecule has 4 atom stereocenters. The molecule has 0 bridgehead atoms. The lowest BCUT2D eigenvalue weighted by atomic mass is 9.59. The molecule has 0 aromatic carbocycles. The third kappa shape index (κ3) is 2.67. The van der Waals surface area contributed by atoms with Crippen molar-refractivity contribution in [1.82, 2.24) is 0 Å². The minimum atomic E-state index is 0.0404. The Hall–Kier alpha value is -0.510. The van der Waals surface area contributed by atoms with Crippen molar-refractivity contribution in [2.45, 2.75) is 71.6 Å². The molecule has 0 saturated heterocycles. The second-order valence-corrected chi connectivity index (χ2v) is 6.48. The number of hydrogen-bond donors (Lipinski definition) is 0. The van der Waals surface area contributed by atoms with Gasteiger partial charge in [0.25, 0.3) is 0 Å². The van der Waals surface area contributed by atoms with Gasteiger partial charge < -0.3 is 0 Å². The van der Waals surface area contributed by atoms with E-state index in [0.717, 1.165) is 24.2 Å². The number of nitrogens with zero attached hydrogens (tertiary/aromatic N) is 1. The van der Waals surface area contributed by atoms with Gasteiger partial charge in [0, 0.05) is 0 Å². The molecular formula is C16H27N. The van der Waals surface area contributed by atoms with Crippen LogP contribution in [0.1, 0.15) is 71.6 Å². The zero-order valence-electron chi connectivity index (χ0n) is 11.5. The molecule has 1 nitrogen and oxygen atoms in total. The molecule has 0 aliphatic heterocycles. The molecule has 0 radical (unpaired) electrons. The number of fused-ring (bicyclic) bond motifs is 1. The van der Waals surface area contributed by atoms with E-state index in [4.69, 9.17) is 0 Å². The Bertz CT molecular complexity index is 290. The highest BCUT2D eigenvalue weighted by Gasteiger charge is 2.42. The standard InChI is InChI=1S/C16H27N/c1-3-5-13-6-7-15-11-16(4-2,12-17)9-8-14(15)10-13/h13-15H,3-11H2,1-2H3/t13-,14+,15?,16-/m0/s1. The molecule has 0 aromatic rings. The molecule has 2 aliphatic rings. The Morgan fingerprint density at radius 3 is 2.65 bits per heavy atom. The highest BCUT2D eigenvalue weighted by molar-refractivity contribution is 5.03. The summed E-state index contributed by atoms with van der Waals surface area (Å²) in [5.41, 5.74) is 0.0404. The largest absolute Gasteiger partial charge is 0.198 e. The monoisotopic (exact) mass is 233 g/mol. The highest BCUT2D eigenvalue weighted by Crippen LogP contribution is 2.51. The van der Waals surface area contributed by atoms with Gasteiger partial charge in [-0.1, -0.05) is 33.1 Å². The summed E-state index contributed by atoms with van der Waals surface area (Å²) >= 11 is 0. The highest BCUT2D eigenvalue weighted by atomic mass is 14.5. The summed E-state index contributed by atoms with van der Waals surface area (Å²) < 4.78 is 0. The van der Waals surface area contributed by atoms with Gasteiger partial charge in [0.15, 0.2) is 0 Å². The molecule has 0 spiro atoms. The Morgan fingerprint density at radius 2 is 2.00 bits per heavy atom. The minimum Gasteiger partial charge on any atom is -0.198 e. The summed E-state index contributed by atoms with van der Waals surface area (Å²) in [5.74, 6) is 2.82. The van der Waals surface area contributed by atoms with Crippen molar-refractivity contribution in [2.75, 3.05) is 0 Å². The van der Waals surface area contributed by atoms with E-state index in [0.29, 0.717) is 0 Å². The Kier molecular flexibility index (Phi) is 4.13. The smallest absolute Gasteiger partial charge is 0.0689 e. The van der Waals surface area contributed by atoms with Crippen LogP contribution in [0.5, 0.6) is 0 Å². The van der Waals surface area contributed by atoms with E-state index in [1.807, 2.05) is 0 Å². The molecule has 17 heavy (non-hydrogen) atoms. The van der Waals surface area contributed by atoms with Crippen molar-refractivity contribution in [1.29, 1.82) is 5.26 Å². The minimum absolute atomic E-state index is 0.0404. The van der Waals surface area contributed by atoms with Gasteiger partial charge >= 0.3 is 0 Å². The zero-order chi connectivity index (χ0) is 12.3. The Labute approximate surface area is 107 Å². The van der Waals surface area contributed by atoms with E-state index in [-0.39, 0.29) is 5.41 Å². The van der Waals surface area contributed by atoms with Crippen LogP contribution in [-0.4, -0.2) is 0 Å². The van der Waals surface area contributed by atoms with Gasteiger partial charge in [-0.15, -0.1) is 0 Å². The third-order valence-electron chi connectivity index (χ3n) is 5.51. The number of nitriles is 1.